The molecule has 0 saturated heterocycles. The highest BCUT2D eigenvalue weighted by Crippen LogP contribution is 2.28. The van der Waals surface area contributed by atoms with Gasteiger partial charge in [0.05, 0.1) is 0 Å². The standard InChI is InChI=1S/C22H19NO/c1-3-23-14-20(18-10-6-7-11-21(18)23)22(24)19-13-12-15(2)16-8-4-5-9-17(16)19/h4-14H,3H2,1-2H3. The fourth-order valence-electron chi connectivity index (χ4n) is 3.48. The SMILES string of the molecule is CCn1cc(C(=O)c2ccc(C)c3ccccc23)c2ccccc21. The predicted octanol–water partition coefficient (Wildman–Crippen LogP) is 5.35. The second kappa shape index (κ2) is 5.64. The molecule has 0 bridgehead atoms. The highest BCUT2D eigenvalue weighted by Gasteiger charge is 2.18. The van der Waals surface area contributed by atoms with E-state index in [9.17, 15) is 4.79 Å². The van der Waals surface area contributed by atoms with E-state index in [4.69, 9.17) is 0 Å². The maximum absolute atomic E-state index is 13.3. The molecule has 1 aromatic heterocycles. The van der Waals surface area contributed by atoms with Crippen molar-refractivity contribution in [3.63, 3.8) is 0 Å². The van der Waals surface area contributed by atoms with Crippen LogP contribution in [-0.2, 0) is 6.54 Å². The second-order valence-electron chi connectivity index (χ2n) is 6.15. The van der Waals surface area contributed by atoms with Gasteiger partial charge in [-0.25, -0.2) is 0 Å². The molecule has 4 aromatic rings. The first kappa shape index (κ1) is 14.7. The molecule has 0 aliphatic carbocycles. The Bertz CT molecular complexity index is 1070. The van der Waals surface area contributed by atoms with E-state index in [-0.39, 0.29) is 5.78 Å². The Morgan fingerprint density at radius 2 is 1.50 bits per heavy atom. The van der Waals surface area contributed by atoms with E-state index in [0.29, 0.717) is 0 Å². The summed E-state index contributed by atoms with van der Waals surface area (Å²) in [5.74, 6) is 0.0922. The third-order valence-corrected chi connectivity index (χ3v) is 4.76. The summed E-state index contributed by atoms with van der Waals surface area (Å²) in [6.45, 7) is 5.03. The summed E-state index contributed by atoms with van der Waals surface area (Å²) in [4.78, 5) is 13.3. The minimum atomic E-state index is 0.0922. The predicted molar refractivity (Wildman–Crippen MR) is 99.7 cm³/mol. The summed E-state index contributed by atoms with van der Waals surface area (Å²) in [6.07, 6.45) is 1.99. The van der Waals surface area contributed by atoms with Crippen molar-refractivity contribution in [1.29, 1.82) is 0 Å². The van der Waals surface area contributed by atoms with Crippen molar-refractivity contribution in [1.82, 2.24) is 4.57 Å². The van der Waals surface area contributed by atoms with E-state index >= 15 is 0 Å². The van der Waals surface area contributed by atoms with Crippen LogP contribution in [0.25, 0.3) is 21.7 Å². The van der Waals surface area contributed by atoms with Crippen LogP contribution in [0, 0.1) is 6.92 Å². The first-order valence-corrected chi connectivity index (χ1v) is 8.31. The Morgan fingerprint density at radius 3 is 2.25 bits per heavy atom. The summed E-state index contributed by atoms with van der Waals surface area (Å²) in [6, 6.07) is 20.2. The first-order chi connectivity index (χ1) is 11.7. The highest BCUT2D eigenvalue weighted by molar-refractivity contribution is 6.21. The Labute approximate surface area is 141 Å². The van der Waals surface area contributed by atoms with Gasteiger partial charge in [-0.3, -0.25) is 4.79 Å². The number of benzene rings is 3. The van der Waals surface area contributed by atoms with Crippen molar-refractivity contribution in [3.05, 3.63) is 83.6 Å². The zero-order chi connectivity index (χ0) is 16.7. The van der Waals surface area contributed by atoms with Crippen LogP contribution in [0.5, 0.6) is 0 Å². The van der Waals surface area contributed by atoms with E-state index in [2.05, 4.69) is 30.5 Å². The molecule has 24 heavy (non-hydrogen) atoms. The molecular formula is C22H19NO. The molecule has 0 fully saturated rings. The molecule has 0 saturated carbocycles. The number of nitrogens with zero attached hydrogens (tertiary/aromatic N) is 1. The average molecular weight is 313 g/mol. The van der Waals surface area contributed by atoms with Crippen molar-refractivity contribution < 1.29 is 4.79 Å². The zero-order valence-corrected chi connectivity index (χ0v) is 13.9. The van der Waals surface area contributed by atoms with Gasteiger partial charge in [-0.1, -0.05) is 54.6 Å². The molecule has 0 radical (unpaired) electrons. The van der Waals surface area contributed by atoms with Crippen LogP contribution in [0.2, 0.25) is 0 Å². The number of rotatable bonds is 3. The number of ketones is 1. The molecule has 0 aliphatic heterocycles. The van der Waals surface area contributed by atoms with E-state index in [1.807, 2.05) is 54.7 Å². The number of para-hydroxylation sites is 1. The van der Waals surface area contributed by atoms with Crippen LogP contribution < -0.4 is 0 Å². The summed E-state index contributed by atoms with van der Waals surface area (Å²) in [5.41, 5.74) is 3.86. The maximum atomic E-state index is 13.3. The Kier molecular flexibility index (Phi) is 3.46. The smallest absolute Gasteiger partial charge is 0.195 e. The van der Waals surface area contributed by atoms with E-state index in [1.54, 1.807) is 0 Å². The normalized spacial score (nSPS) is 11.2. The largest absolute Gasteiger partial charge is 0.347 e. The quantitative estimate of drug-likeness (QED) is 0.467. The molecule has 0 amide bonds. The van der Waals surface area contributed by atoms with E-state index in [0.717, 1.165) is 39.3 Å². The van der Waals surface area contributed by atoms with Crippen LogP contribution in [0.3, 0.4) is 0 Å². The van der Waals surface area contributed by atoms with Gasteiger partial charge in [-0.15, -0.1) is 0 Å². The van der Waals surface area contributed by atoms with Gasteiger partial charge in [0.1, 0.15) is 0 Å². The van der Waals surface area contributed by atoms with Crippen molar-refractivity contribution in [3.8, 4) is 0 Å². The lowest BCUT2D eigenvalue weighted by molar-refractivity contribution is 0.104. The second-order valence-corrected chi connectivity index (χ2v) is 6.15. The third kappa shape index (κ3) is 2.15. The molecule has 0 N–H and O–H groups in total. The molecular weight excluding hydrogens is 294 g/mol. The van der Waals surface area contributed by atoms with Gasteiger partial charge in [-0.05, 0) is 36.2 Å². The fraction of sp³-hybridized carbons (Fsp3) is 0.136. The van der Waals surface area contributed by atoms with Crippen molar-refractivity contribution in [2.24, 2.45) is 0 Å². The van der Waals surface area contributed by atoms with Gasteiger partial charge in [0, 0.05) is 34.8 Å². The van der Waals surface area contributed by atoms with E-state index in [1.165, 1.54) is 5.56 Å². The van der Waals surface area contributed by atoms with Crippen LogP contribution >= 0.6 is 0 Å². The molecule has 0 spiro atoms. The monoisotopic (exact) mass is 313 g/mol. The number of carbonyl (C=O) groups excluding carboxylic acids is 1. The number of aryl methyl sites for hydroxylation is 2. The molecule has 0 atom stereocenters. The van der Waals surface area contributed by atoms with Crippen LogP contribution in [0.1, 0.15) is 28.4 Å². The molecule has 2 heteroatoms. The minimum absolute atomic E-state index is 0.0922. The molecule has 1 heterocycles. The molecule has 2 nitrogen and oxygen atoms in total. The van der Waals surface area contributed by atoms with Gasteiger partial charge >= 0.3 is 0 Å². The number of aromatic nitrogens is 1. The molecule has 0 unspecified atom stereocenters. The molecule has 3 aromatic carbocycles. The summed E-state index contributed by atoms with van der Waals surface area (Å²) in [5, 5.41) is 3.19. The number of carbonyl (C=O) groups is 1. The van der Waals surface area contributed by atoms with Gasteiger partial charge in [-0.2, -0.15) is 0 Å². The zero-order valence-electron chi connectivity index (χ0n) is 13.9. The van der Waals surface area contributed by atoms with Crippen molar-refractivity contribution in [2.75, 3.05) is 0 Å². The van der Waals surface area contributed by atoms with Crippen molar-refractivity contribution in [2.45, 2.75) is 20.4 Å². The van der Waals surface area contributed by atoms with Gasteiger partial charge < -0.3 is 4.57 Å². The lowest BCUT2D eigenvalue weighted by atomic mass is 9.95. The number of hydrogen-bond acceptors (Lipinski definition) is 1. The lowest BCUT2D eigenvalue weighted by Crippen LogP contribution is -2.02. The molecule has 4 rings (SSSR count). The van der Waals surface area contributed by atoms with Gasteiger partial charge in [0.15, 0.2) is 5.78 Å². The van der Waals surface area contributed by atoms with Gasteiger partial charge in [0.2, 0.25) is 0 Å². The molecule has 118 valence electrons. The highest BCUT2D eigenvalue weighted by atomic mass is 16.1. The summed E-state index contributed by atoms with van der Waals surface area (Å²) in [7, 11) is 0. The number of fused-ring (bicyclic) bond motifs is 2. The Morgan fingerprint density at radius 1 is 0.833 bits per heavy atom. The Hall–Kier alpha value is -2.87. The van der Waals surface area contributed by atoms with Crippen LogP contribution in [0.4, 0.5) is 0 Å². The fourth-order valence-corrected chi connectivity index (χ4v) is 3.48. The molecule has 0 aliphatic rings. The topological polar surface area (TPSA) is 22.0 Å². The van der Waals surface area contributed by atoms with Crippen LogP contribution in [-0.4, -0.2) is 10.4 Å². The van der Waals surface area contributed by atoms with E-state index < -0.39 is 0 Å². The van der Waals surface area contributed by atoms with Crippen molar-refractivity contribution >= 4 is 27.5 Å². The average Bonchev–Trinajstić information content (AvgIpc) is 3.01. The van der Waals surface area contributed by atoms with Gasteiger partial charge in [0.25, 0.3) is 0 Å². The Balaban J connectivity index is 1.97. The minimum Gasteiger partial charge on any atom is -0.347 e. The van der Waals surface area contributed by atoms with Crippen LogP contribution in [0.15, 0.2) is 66.9 Å². The lowest BCUT2D eigenvalue weighted by Gasteiger charge is -2.08. The maximum Gasteiger partial charge on any atom is 0.195 e. The third-order valence-electron chi connectivity index (χ3n) is 4.76. The summed E-state index contributed by atoms with van der Waals surface area (Å²) < 4.78 is 2.14. The summed E-state index contributed by atoms with van der Waals surface area (Å²) >= 11 is 0. The first-order valence-electron chi connectivity index (χ1n) is 8.31. The number of hydrogen-bond donors (Lipinski definition) is 0.